The van der Waals surface area contributed by atoms with Gasteiger partial charge in [0, 0.05) is 17.9 Å². The number of benzene rings is 1. The van der Waals surface area contributed by atoms with E-state index < -0.39 is 12.7 Å². The molecule has 0 aliphatic rings. The maximum Gasteiger partial charge on any atom is 0.408 e. The lowest BCUT2D eigenvalue weighted by atomic mass is 10.3. The Labute approximate surface area is 128 Å². The van der Waals surface area contributed by atoms with Crippen LogP contribution in [0.5, 0.6) is 0 Å². The molecule has 0 fully saturated rings. The molecular formula is C12H12F3N5OS. The second-order valence-corrected chi connectivity index (χ2v) is 5.31. The quantitative estimate of drug-likeness (QED) is 0.823. The number of tetrazole rings is 1. The van der Waals surface area contributed by atoms with Crippen LogP contribution in [0, 0.1) is 0 Å². The number of hydrogen-bond donors (Lipinski definition) is 1. The zero-order valence-corrected chi connectivity index (χ0v) is 12.1. The van der Waals surface area contributed by atoms with Crippen LogP contribution in [0.4, 0.5) is 18.9 Å². The van der Waals surface area contributed by atoms with Crippen LogP contribution in [0.25, 0.3) is 0 Å². The molecule has 22 heavy (non-hydrogen) atoms. The van der Waals surface area contributed by atoms with E-state index in [0.29, 0.717) is 10.4 Å². The van der Waals surface area contributed by atoms with Crippen LogP contribution in [-0.2, 0) is 11.3 Å². The Morgan fingerprint density at radius 2 is 2.00 bits per heavy atom. The zero-order valence-electron chi connectivity index (χ0n) is 11.2. The van der Waals surface area contributed by atoms with E-state index in [2.05, 4.69) is 20.8 Å². The molecule has 0 unspecified atom stereocenters. The normalized spacial score (nSPS) is 11.4. The van der Waals surface area contributed by atoms with Crippen LogP contribution in [0.3, 0.4) is 0 Å². The molecule has 0 atom stereocenters. The molecule has 10 heteroatoms. The van der Waals surface area contributed by atoms with E-state index in [9.17, 15) is 18.0 Å². The van der Waals surface area contributed by atoms with Crippen molar-refractivity contribution in [2.75, 3.05) is 11.1 Å². The Morgan fingerprint density at radius 1 is 1.27 bits per heavy atom. The smallest absolute Gasteiger partial charge is 0.326 e. The number of hydrogen-bond acceptors (Lipinski definition) is 5. The largest absolute Gasteiger partial charge is 0.408 e. The van der Waals surface area contributed by atoms with Gasteiger partial charge in [0.2, 0.25) is 11.1 Å². The predicted molar refractivity (Wildman–Crippen MR) is 74.3 cm³/mol. The van der Waals surface area contributed by atoms with Gasteiger partial charge in [-0.05, 0) is 22.6 Å². The summed E-state index contributed by atoms with van der Waals surface area (Å²) in [6.45, 7) is -1.25. The van der Waals surface area contributed by atoms with Gasteiger partial charge in [-0.25, -0.2) is 4.68 Å². The highest BCUT2D eigenvalue weighted by atomic mass is 32.2. The highest BCUT2D eigenvalue weighted by molar-refractivity contribution is 7.99. The number of alkyl halides is 3. The number of aromatic nitrogens is 4. The van der Waals surface area contributed by atoms with E-state index in [1.807, 2.05) is 6.07 Å². The Kier molecular flexibility index (Phi) is 5.36. The number of rotatable bonds is 6. The maximum absolute atomic E-state index is 12.3. The van der Waals surface area contributed by atoms with Crippen molar-refractivity contribution in [3.63, 3.8) is 0 Å². The Morgan fingerprint density at radius 3 is 2.68 bits per heavy atom. The first-order chi connectivity index (χ1) is 10.4. The van der Waals surface area contributed by atoms with E-state index in [-0.39, 0.29) is 23.2 Å². The average Bonchev–Trinajstić information content (AvgIpc) is 2.85. The molecule has 2 aromatic rings. The highest BCUT2D eigenvalue weighted by Gasteiger charge is 2.30. The monoisotopic (exact) mass is 331 g/mol. The van der Waals surface area contributed by atoms with Crippen molar-refractivity contribution >= 4 is 23.4 Å². The number of para-hydroxylation sites is 1. The fourth-order valence-corrected chi connectivity index (χ4v) is 2.36. The van der Waals surface area contributed by atoms with E-state index in [1.165, 1.54) is 0 Å². The van der Waals surface area contributed by atoms with Crippen LogP contribution in [0.15, 0.2) is 35.5 Å². The van der Waals surface area contributed by atoms with Gasteiger partial charge >= 0.3 is 6.18 Å². The molecule has 0 saturated heterocycles. The van der Waals surface area contributed by atoms with Crippen LogP contribution in [-0.4, -0.2) is 38.0 Å². The third-order valence-electron chi connectivity index (χ3n) is 2.45. The first kappa shape index (κ1) is 16.3. The third kappa shape index (κ3) is 5.35. The molecule has 1 heterocycles. The first-order valence-corrected chi connectivity index (χ1v) is 7.23. The molecule has 6 nitrogen and oxygen atoms in total. The SMILES string of the molecule is O=C(CCSc1nnnn1CC(F)(F)F)Nc1ccccc1. The molecule has 0 saturated carbocycles. The Bertz CT molecular complexity index is 617. The number of amides is 1. The van der Waals surface area contributed by atoms with E-state index in [4.69, 9.17) is 0 Å². The number of nitrogens with zero attached hydrogens (tertiary/aromatic N) is 4. The molecule has 0 radical (unpaired) electrons. The Hall–Kier alpha value is -2.10. The van der Waals surface area contributed by atoms with Gasteiger partial charge < -0.3 is 5.32 Å². The van der Waals surface area contributed by atoms with Crippen LogP contribution >= 0.6 is 11.8 Å². The summed E-state index contributed by atoms with van der Waals surface area (Å²) in [5.41, 5.74) is 0.666. The minimum Gasteiger partial charge on any atom is -0.326 e. The molecule has 0 aliphatic carbocycles. The van der Waals surface area contributed by atoms with Gasteiger partial charge in [-0.1, -0.05) is 30.0 Å². The second kappa shape index (κ2) is 7.25. The summed E-state index contributed by atoms with van der Waals surface area (Å²) in [4.78, 5) is 11.7. The number of nitrogens with one attached hydrogen (secondary N) is 1. The van der Waals surface area contributed by atoms with Crippen molar-refractivity contribution in [2.24, 2.45) is 0 Å². The topological polar surface area (TPSA) is 72.7 Å². The average molecular weight is 331 g/mol. The zero-order chi connectivity index (χ0) is 16.0. The lowest BCUT2D eigenvalue weighted by Gasteiger charge is -2.07. The summed E-state index contributed by atoms with van der Waals surface area (Å²) in [6, 6.07) is 8.89. The molecule has 1 amide bonds. The lowest BCUT2D eigenvalue weighted by Crippen LogP contribution is -2.19. The number of carbonyl (C=O) groups is 1. The van der Waals surface area contributed by atoms with Crippen molar-refractivity contribution < 1.29 is 18.0 Å². The highest BCUT2D eigenvalue weighted by Crippen LogP contribution is 2.21. The van der Waals surface area contributed by atoms with E-state index in [1.54, 1.807) is 24.3 Å². The minimum atomic E-state index is -4.39. The maximum atomic E-state index is 12.3. The van der Waals surface area contributed by atoms with Gasteiger partial charge in [-0.3, -0.25) is 4.79 Å². The third-order valence-corrected chi connectivity index (χ3v) is 3.40. The minimum absolute atomic E-state index is 0.0323. The molecule has 2 rings (SSSR count). The Balaban J connectivity index is 1.79. The summed E-state index contributed by atoms with van der Waals surface area (Å²) in [5, 5.41) is 12.7. The van der Waals surface area contributed by atoms with Crippen molar-refractivity contribution in [3.8, 4) is 0 Å². The molecular weight excluding hydrogens is 319 g/mol. The van der Waals surface area contributed by atoms with Crippen LogP contribution < -0.4 is 5.32 Å². The van der Waals surface area contributed by atoms with Crippen LogP contribution in [0.1, 0.15) is 6.42 Å². The van der Waals surface area contributed by atoms with Gasteiger partial charge in [0.05, 0.1) is 0 Å². The van der Waals surface area contributed by atoms with Crippen LogP contribution in [0.2, 0.25) is 0 Å². The lowest BCUT2D eigenvalue weighted by molar-refractivity contribution is -0.144. The molecule has 118 valence electrons. The van der Waals surface area contributed by atoms with Gasteiger partial charge in [0.15, 0.2) is 0 Å². The summed E-state index contributed by atoms with van der Waals surface area (Å²) >= 11 is 0.999. The number of thioether (sulfide) groups is 1. The molecule has 1 aromatic heterocycles. The summed E-state index contributed by atoms with van der Waals surface area (Å²) in [5.74, 6) is 0.0465. The van der Waals surface area contributed by atoms with Crippen molar-refractivity contribution in [3.05, 3.63) is 30.3 Å². The fraction of sp³-hybridized carbons (Fsp3) is 0.333. The van der Waals surface area contributed by atoms with Crippen molar-refractivity contribution in [1.29, 1.82) is 0 Å². The number of halogens is 3. The number of anilines is 1. The second-order valence-electron chi connectivity index (χ2n) is 4.25. The fourth-order valence-electron chi connectivity index (χ4n) is 1.55. The standard InChI is InChI=1S/C12H12F3N5OS/c13-12(14,15)8-20-11(17-18-19-20)22-7-6-10(21)16-9-4-2-1-3-5-9/h1-5H,6-8H2,(H,16,21). The first-order valence-electron chi connectivity index (χ1n) is 6.25. The van der Waals surface area contributed by atoms with E-state index in [0.717, 1.165) is 11.8 Å². The van der Waals surface area contributed by atoms with E-state index >= 15 is 0 Å². The molecule has 1 aromatic carbocycles. The van der Waals surface area contributed by atoms with Crippen molar-refractivity contribution in [2.45, 2.75) is 24.3 Å². The molecule has 0 aliphatic heterocycles. The molecule has 1 N–H and O–H groups in total. The summed E-state index contributed by atoms with van der Waals surface area (Å²) in [7, 11) is 0. The molecule has 0 bridgehead atoms. The molecule has 0 spiro atoms. The van der Waals surface area contributed by atoms with Crippen molar-refractivity contribution in [1.82, 2.24) is 20.2 Å². The predicted octanol–water partition coefficient (Wildman–Crippen LogP) is 2.36. The van der Waals surface area contributed by atoms with Gasteiger partial charge in [-0.2, -0.15) is 13.2 Å². The summed E-state index contributed by atoms with van der Waals surface area (Å²) in [6.07, 6.45) is -4.26. The van der Waals surface area contributed by atoms with Gasteiger partial charge in [0.1, 0.15) is 6.54 Å². The van der Waals surface area contributed by atoms with Gasteiger partial charge in [-0.15, -0.1) is 5.10 Å². The van der Waals surface area contributed by atoms with Gasteiger partial charge in [0.25, 0.3) is 0 Å². The summed E-state index contributed by atoms with van der Waals surface area (Å²) < 4.78 is 37.6. The number of carbonyl (C=O) groups excluding carboxylic acids is 1.